The minimum atomic E-state index is 0.636. The summed E-state index contributed by atoms with van der Waals surface area (Å²) < 4.78 is 4.82. The summed E-state index contributed by atoms with van der Waals surface area (Å²) in [5, 5.41) is 7.27. The SMILES string of the molecule is c1ccc(-c2cccc(-c3ccc(-c4ccccc4)c4ccccc34)c2-c2nc(-c3cccc4c3sc3ccccc34)nc(-c3cccc4c3sc3ccccc34)n2)cc1. The molecule has 3 nitrogen and oxygen atoms in total. The predicted octanol–water partition coefficient (Wildman–Crippen LogP) is 15.8. The first-order valence-electron chi connectivity index (χ1n) is 20.1. The van der Waals surface area contributed by atoms with Crippen molar-refractivity contribution < 1.29 is 0 Å². The van der Waals surface area contributed by atoms with Crippen molar-refractivity contribution in [2.45, 2.75) is 0 Å². The van der Waals surface area contributed by atoms with Crippen molar-refractivity contribution >= 4 is 73.8 Å². The van der Waals surface area contributed by atoms with Crippen molar-refractivity contribution in [3.05, 3.63) is 200 Å². The van der Waals surface area contributed by atoms with Crippen LogP contribution in [0.2, 0.25) is 0 Å². The van der Waals surface area contributed by atoms with Crippen molar-refractivity contribution in [2.24, 2.45) is 0 Å². The second-order valence-electron chi connectivity index (χ2n) is 15.0. The molecule has 9 aromatic carbocycles. The van der Waals surface area contributed by atoms with Gasteiger partial charge in [0, 0.05) is 57.0 Å². The Morgan fingerprint density at radius 1 is 0.250 bits per heavy atom. The minimum absolute atomic E-state index is 0.636. The molecule has 5 heteroatoms. The molecule has 60 heavy (non-hydrogen) atoms. The first-order valence-corrected chi connectivity index (χ1v) is 21.7. The van der Waals surface area contributed by atoms with Crippen LogP contribution in [0.25, 0.3) is 119 Å². The molecular formula is C55H33N3S2. The highest BCUT2D eigenvalue weighted by molar-refractivity contribution is 7.26. The van der Waals surface area contributed by atoms with E-state index in [1.807, 2.05) is 0 Å². The number of aromatic nitrogens is 3. The molecule has 0 N–H and O–H groups in total. The van der Waals surface area contributed by atoms with Gasteiger partial charge in [-0.25, -0.2) is 15.0 Å². The molecule has 0 amide bonds. The third-order valence-corrected chi connectivity index (χ3v) is 14.0. The van der Waals surface area contributed by atoms with Gasteiger partial charge in [0.1, 0.15) is 0 Å². The van der Waals surface area contributed by atoms with Gasteiger partial charge >= 0.3 is 0 Å². The molecule has 0 unspecified atom stereocenters. The Morgan fingerprint density at radius 2 is 0.650 bits per heavy atom. The maximum absolute atomic E-state index is 5.55. The summed E-state index contributed by atoms with van der Waals surface area (Å²) >= 11 is 3.59. The van der Waals surface area contributed by atoms with E-state index in [-0.39, 0.29) is 0 Å². The number of nitrogens with zero attached hydrogens (tertiary/aromatic N) is 3. The van der Waals surface area contributed by atoms with Gasteiger partial charge in [-0.15, -0.1) is 22.7 Å². The zero-order valence-corrected chi connectivity index (χ0v) is 33.8. The smallest absolute Gasteiger partial charge is 0.165 e. The molecule has 0 atom stereocenters. The lowest BCUT2D eigenvalue weighted by Gasteiger charge is -2.19. The lowest BCUT2D eigenvalue weighted by Crippen LogP contribution is -2.03. The van der Waals surface area contributed by atoms with Gasteiger partial charge in [-0.05, 0) is 68.4 Å². The Balaban J connectivity index is 1.18. The van der Waals surface area contributed by atoms with E-state index >= 15 is 0 Å². The van der Waals surface area contributed by atoms with Crippen LogP contribution in [0, 0.1) is 0 Å². The Kier molecular flexibility index (Phi) is 8.22. The number of fused-ring (bicyclic) bond motifs is 7. The molecule has 0 fully saturated rings. The molecule has 0 spiro atoms. The molecule has 12 rings (SSSR count). The lowest BCUT2D eigenvalue weighted by molar-refractivity contribution is 1.08. The fraction of sp³-hybridized carbons (Fsp3) is 0. The number of thiophene rings is 2. The Labute approximate surface area is 354 Å². The summed E-state index contributed by atoms with van der Waals surface area (Å²) in [6.45, 7) is 0. The topological polar surface area (TPSA) is 38.7 Å². The van der Waals surface area contributed by atoms with E-state index in [9.17, 15) is 0 Å². The zero-order chi connectivity index (χ0) is 39.6. The van der Waals surface area contributed by atoms with Crippen LogP contribution in [-0.4, -0.2) is 15.0 Å². The van der Waals surface area contributed by atoms with Crippen LogP contribution in [-0.2, 0) is 0 Å². The van der Waals surface area contributed by atoms with E-state index in [2.05, 4.69) is 200 Å². The van der Waals surface area contributed by atoms with Crippen LogP contribution in [0.1, 0.15) is 0 Å². The molecule has 0 bridgehead atoms. The third kappa shape index (κ3) is 5.66. The molecule has 0 aliphatic heterocycles. The van der Waals surface area contributed by atoms with E-state index in [4.69, 9.17) is 15.0 Å². The van der Waals surface area contributed by atoms with Crippen molar-refractivity contribution in [3.8, 4) is 67.5 Å². The van der Waals surface area contributed by atoms with E-state index in [1.165, 1.54) is 62.2 Å². The molecular weight excluding hydrogens is 767 g/mol. The van der Waals surface area contributed by atoms with Crippen LogP contribution in [0.5, 0.6) is 0 Å². The van der Waals surface area contributed by atoms with E-state index < -0.39 is 0 Å². The largest absolute Gasteiger partial charge is 0.208 e. The van der Waals surface area contributed by atoms with Gasteiger partial charge in [-0.3, -0.25) is 0 Å². The molecule has 0 aliphatic carbocycles. The predicted molar refractivity (Wildman–Crippen MR) is 256 cm³/mol. The summed E-state index contributed by atoms with van der Waals surface area (Å²) in [4.78, 5) is 16.5. The maximum atomic E-state index is 5.55. The number of rotatable bonds is 6. The summed E-state index contributed by atoms with van der Waals surface area (Å²) in [5.41, 5.74) is 9.71. The first kappa shape index (κ1) is 34.7. The second kappa shape index (κ2) is 14.2. The lowest BCUT2D eigenvalue weighted by atomic mass is 9.87. The van der Waals surface area contributed by atoms with E-state index in [0.29, 0.717) is 17.5 Å². The van der Waals surface area contributed by atoms with Gasteiger partial charge in [-0.1, -0.05) is 176 Å². The molecule has 0 saturated carbocycles. The molecule has 12 aromatic rings. The quantitative estimate of drug-likeness (QED) is 0.168. The van der Waals surface area contributed by atoms with Crippen molar-refractivity contribution in [2.75, 3.05) is 0 Å². The third-order valence-electron chi connectivity index (χ3n) is 11.6. The van der Waals surface area contributed by atoms with Crippen molar-refractivity contribution in [1.29, 1.82) is 0 Å². The summed E-state index contributed by atoms with van der Waals surface area (Å²) in [7, 11) is 0. The molecule has 280 valence electrons. The van der Waals surface area contributed by atoms with Gasteiger partial charge in [0.2, 0.25) is 0 Å². The van der Waals surface area contributed by atoms with Gasteiger partial charge < -0.3 is 0 Å². The highest BCUT2D eigenvalue weighted by atomic mass is 32.1. The van der Waals surface area contributed by atoms with E-state index in [0.717, 1.165) is 38.9 Å². The summed E-state index contributed by atoms with van der Waals surface area (Å²) in [5.74, 6) is 1.95. The Morgan fingerprint density at radius 3 is 1.23 bits per heavy atom. The van der Waals surface area contributed by atoms with Crippen LogP contribution >= 0.6 is 22.7 Å². The van der Waals surface area contributed by atoms with Crippen LogP contribution in [0.4, 0.5) is 0 Å². The van der Waals surface area contributed by atoms with Gasteiger partial charge in [0.25, 0.3) is 0 Å². The van der Waals surface area contributed by atoms with Crippen molar-refractivity contribution in [1.82, 2.24) is 15.0 Å². The molecule has 0 radical (unpaired) electrons. The van der Waals surface area contributed by atoms with Crippen LogP contribution in [0.15, 0.2) is 200 Å². The molecule has 0 aliphatic rings. The van der Waals surface area contributed by atoms with Gasteiger partial charge in [0.05, 0.1) is 0 Å². The minimum Gasteiger partial charge on any atom is -0.208 e. The molecule has 3 aromatic heterocycles. The van der Waals surface area contributed by atoms with Gasteiger partial charge in [0.15, 0.2) is 17.5 Å². The fourth-order valence-electron chi connectivity index (χ4n) is 8.85. The fourth-order valence-corrected chi connectivity index (χ4v) is 11.3. The second-order valence-corrected chi connectivity index (χ2v) is 17.1. The summed E-state index contributed by atoms with van der Waals surface area (Å²) in [6.07, 6.45) is 0. The highest BCUT2D eigenvalue weighted by Gasteiger charge is 2.24. The number of hydrogen-bond acceptors (Lipinski definition) is 5. The average molecular weight is 800 g/mol. The normalized spacial score (nSPS) is 11.7. The number of benzene rings is 9. The van der Waals surface area contributed by atoms with Gasteiger partial charge in [-0.2, -0.15) is 0 Å². The zero-order valence-electron chi connectivity index (χ0n) is 32.2. The summed E-state index contributed by atoms with van der Waals surface area (Å²) in [6, 6.07) is 71.5. The highest BCUT2D eigenvalue weighted by Crippen LogP contribution is 2.46. The van der Waals surface area contributed by atoms with Crippen LogP contribution in [0.3, 0.4) is 0 Å². The maximum Gasteiger partial charge on any atom is 0.165 e. The molecule has 3 heterocycles. The Hall–Kier alpha value is -7.31. The van der Waals surface area contributed by atoms with Crippen molar-refractivity contribution in [3.63, 3.8) is 0 Å². The average Bonchev–Trinajstić information content (AvgIpc) is 3.90. The first-order chi connectivity index (χ1) is 29.8. The van der Waals surface area contributed by atoms with E-state index in [1.54, 1.807) is 22.7 Å². The molecule has 0 saturated heterocycles. The Bertz CT molecular complexity index is 3470. The standard InChI is InChI=1S/C55H33N3S2/c1-3-16-34(17-4-1)36-32-33-40(39-21-8-7-20-38(36)39)43-25-13-24-37(35-18-5-2-6-19-35)50(43)55-57-53(46-28-14-26-44-41-22-9-11-30-48(41)59-51(44)46)56-54(58-55)47-29-15-27-45-42-23-10-12-31-49(42)60-52(45)47/h1-33H. The number of hydrogen-bond donors (Lipinski definition) is 0. The van der Waals surface area contributed by atoms with Crippen LogP contribution < -0.4 is 0 Å². The monoisotopic (exact) mass is 799 g/mol.